The van der Waals surface area contributed by atoms with Crippen LogP contribution < -0.4 is 0 Å². The molecule has 0 bridgehead atoms. The maximum Gasteiger partial charge on any atom is 0.0412 e. The summed E-state index contributed by atoms with van der Waals surface area (Å²) >= 11 is 7.52. The van der Waals surface area contributed by atoms with E-state index in [1.54, 1.807) is 11.3 Å². The quantitative estimate of drug-likeness (QED) is 0.645. The highest BCUT2D eigenvalue weighted by Gasteiger charge is 1.97. The minimum absolute atomic E-state index is 0.759. The van der Waals surface area contributed by atoms with Crippen LogP contribution in [0.25, 0.3) is 11.1 Å². The smallest absolute Gasteiger partial charge is 0.0412 e. The molecule has 2 rings (SSSR count). The Bertz CT molecular complexity index is 365. The van der Waals surface area contributed by atoms with Crippen LogP contribution in [0.1, 0.15) is 0 Å². The third kappa shape index (κ3) is 1.52. The van der Waals surface area contributed by atoms with Crippen molar-refractivity contribution in [3.8, 4) is 11.1 Å². The molecule has 12 heavy (non-hydrogen) atoms. The Balaban J connectivity index is 2.48. The van der Waals surface area contributed by atoms with Crippen LogP contribution in [-0.4, -0.2) is 0 Å². The van der Waals surface area contributed by atoms with Crippen LogP contribution in [0.4, 0.5) is 0 Å². The van der Waals surface area contributed by atoms with E-state index in [0.29, 0.717) is 0 Å². The van der Waals surface area contributed by atoms with E-state index in [0.717, 1.165) is 10.6 Å². The molecule has 1 aromatic carbocycles. The van der Waals surface area contributed by atoms with Crippen LogP contribution in [-0.2, 0) is 0 Å². The lowest BCUT2D eigenvalue weighted by atomic mass is 10.1. The van der Waals surface area contributed by atoms with Crippen LogP contribution in [0.15, 0.2) is 35.0 Å². The number of halogens is 1. The Hall–Kier alpha value is -0.790. The maximum absolute atomic E-state index is 5.85. The van der Waals surface area contributed by atoms with Gasteiger partial charge in [0.15, 0.2) is 0 Å². The van der Waals surface area contributed by atoms with E-state index in [4.69, 9.17) is 11.6 Å². The van der Waals surface area contributed by atoms with Crippen molar-refractivity contribution in [1.29, 1.82) is 0 Å². The van der Waals surface area contributed by atoms with Crippen molar-refractivity contribution < 1.29 is 0 Å². The second-order valence-electron chi connectivity index (χ2n) is 2.43. The number of benzene rings is 1. The lowest BCUT2D eigenvalue weighted by Crippen LogP contribution is -1.72. The Morgan fingerprint density at radius 2 is 2.25 bits per heavy atom. The molecule has 59 valence electrons. The first kappa shape index (κ1) is 7.84. The number of hydrogen-bond acceptors (Lipinski definition) is 1. The molecule has 0 nitrogen and oxygen atoms in total. The monoisotopic (exact) mass is 193 g/mol. The Kier molecular flexibility index (Phi) is 2.15. The predicted molar refractivity (Wildman–Crippen MR) is 53.6 cm³/mol. The van der Waals surface area contributed by atoms with Gasteiger partial charge in [-0.15, -0.1) is 0 Å². The number of rotatable bonds is 1. The molecular formula is C10H6ClS. The molecule has 1 radical (unpaired) electrons. The van der Waals surface area contributed by atoms with Crippen molar-refractivity contribution in [3.63, 3.8) is 0 Å². The molecule has 0 amide bonds. The van der Waals surface area contributed by atoms with Gasteiger partial charge in [-0.2, -0.15) is 11.3 Å². The topological polar surface area (TPSA) is 0 Å². The minimum atomic E-state index is 0.759. The molecule has 1 heterocycles. The van der Waals surface area contributed by atoms with E-state index < -0.39 is 0 Å². The van der Waals surface area contributed by atoms with Gasteiger partial charge < -0.3 is 0 Å². The molecule has 2 heteroatoms. The number of thiophene rings is 1. The van der Waals surface area contributed by atoms with Gasteiger partial charge in [-0.3, -0.25) is 0 Å². The summed E-state index contributed by atoms with van der Waals surface area (Å²) in [5.74, 6) is 0. The normalized spacial score (nSPS) is 10.1. The Morgan fingerprint density at radius 3 is 2.92 bits per heavy atom. The van der Waals surface area contributed by atoms with Gasteiger partial charge in [-0.25, -0.2) is 0 Å². The molecule has 0 spiro atoms. The zero-order valence-electron chi connectivity index (χ0n) is 6.25. The standard InChI is InChI=1S/C10H6ClS/c11-10-3-1-2-8(6-10)9-4-5-12-7-9/h1,3-7H. The molecule has 0 aliphatic rings. The average Bonchev–Trinajstić information content (AvgIpc) is 2.56. The summed E-state index contributed by atoms with van der Waals surface area (Å²) < 4.78 is 0. The largest absolute Gasteiger partial charge is 0.152 e. The molecule has 2 aromatic rings. The summed E-state index contributed by atoms with van der Waals surface area (Å²) in [6.07, 6.45) is 0. The highest BCUT2D eigenvalue weighted by molar-refractivity contribution is 7.08. The molecule has 0 saturated heterocycles. The molecule has 0 unspecified atom stereocenters. The highest BCUT2D eigenvalue weighted by atomic mass is 35.5. The van der Waals surface area contributed by atoms with E-state index in [9.17, 15) is 0 Å². The van der Waals surface area contributed by atoms with E-state index in [1.165, 1.54) is 5.56 Å². The second kappa shape index (κ2) is 3.30. The summed E-state index contributed by atoms with van der Waals surface area (Å²) in [4.78, 5) is 0. The molecule has 0 aliphatic heterocycles. The fourth-order valence-corrected chi connectivity index (χ4v) is 1.85. The van der Waals surface area contributed by atoms with Gasteiger partial charge in [-0.05, 0) is 46.2 Å². The lowest BCUT2D eigenvalue weighted by Gasteiger charge is -1.95. The molecule has 0 saturated carbocycles. The molecule has 0 atom stereocenters. The van der Waals surface area contributed by atoms with E-state index in [-0.39, 0.29) is 0 Å². The van der Waals surface area contributed by atoms with Gasteiger partial charge in [0.2, 0.25) is 0 Å². The van der Waals surface area contributed by atoms with Crippen molar-refractivity contribution in [2.45, 2.75) is 0 Å². The van der Waals surface area contributed by atoms with Crippen molar-refractivity contribution in [2.24, 2.45) is 0 Å². The first-order valence-electron chi connectivity index (χ1n) is 3.56. The summed E-state index contributed by atoms with van der Waals surface area (Å²) in [5.41, 5.74) is 2.24. The number of hydrogen-bond donors (Lipinski definition) is 0. The summed E-state index contributed by atoms with van der Waals surface area (Å²) in [7, 11) is 0. The van der Waals surface area contributed by atoms with Gasteiger partial charge in [0.1, 0.15) is 0 Å². The molecule has 0 fully saturated rings. The van der Waals surface area contributed by atoms with E-state index in [2.05, 4.69) is 17.5 Å². The summed E-state index contributed by atoms with van der Waals surface area (Å²) in [5, 5.41) is 4.89. The first-order valence-corrected chi connectivity index (χ1v) is 4.88. The molecular weight excluding hydrogens is 188 g/mol. The molecule has 0 aliphatic carbocycles. The summed E-state index contributed by atoms with van der Waals surface area (Å²) in [6.45, 7) is 0. The van der Waals surface area contributed by atoms with Gasteiger partial charge in [0.05, 0.1) is 0 Å². The van der Waals surface area contributed by atoms with E-state index in [1.807, 2.05) is 23.6 Å². The first-order chi connectivity index (χ1) is 5.86. The fourth-order valence-electron chi connectivity index (χ4n) is 1.02. The van der Waals surface area contributed by atoms with Crippen LogP contribution in [0.2, 0.25) is 5.02 Å². The molecule has 1 aromatic heterocycles. The van der Waals surface area contributed by atoms with Crippen LogP contribution in [0, 0.1) is 6.07 Å². The highest BCUT2D eigenvalue weighted by Crippen LogP contribution is 2.23. The van der Waals surface area contributed by atoms with Gasteiger partial charge in [-0.1, -0.05) is 17.7 Å². The van der Waals surface area contributed by atoms with Crippen LogP contribution in [0.5, 0.6) is 0 Å². The zero-order valence-corrected chi connectivity index (χ0v) is 7.82. The minimum Gasteiger partial charge on any atom is -0.152 e. The fraction of sp³-hybridized carbons (Fsp3) is 0. The van der Waals surface area contributed by atoms with Crippen molar-refractivity contribution in [1.82, 2.24) is 0 Å². The van der Waals surface area contributed by atoms with Crippen LogP contribution >= 0.6 is 22.9 Å². The Labute approximate surface area is 80.4 Å². The summed E-state index contributed by atoms with van der Waals surface area (Å²) in [6, 6.07) is 10.8. The maximum atomic E-state index is 5.85. The zero-order chi connectivity index (χ0) is 8.39. The van der Waals surface area contributed by atoms with Crippen molar-refractivity contribution in [2.75, 3.05) is 0 Å². The van der Waals surface area contributed by atoms with Gasteiger partial charge in [0.25, 0.3) is 0 Å². The van der Waals surface area contributed by atoms with Gasteiger partial charge in [0, 0.05) is 5.02 Å². The SMILES string of the molecule is Clc1cc[c]c(-c2ccsc2)c1. The van der Waals surface area contributed by atoms with E-state index >= 15 is 0 Å². The molecule has 0 N–H and O–H groups in total. The van der Waals surface area contributed by atoms with Gasteiger partial charge >= 0.3 is 0 Å². The van der Waals surface area contributed by atoms with Crippen molar-refractivity contribution >= 4 is 22.9 Å². The lowest BCUT2D eigenvalue weighted by molar-refractivity contribution is 1.66. The average molecular weight is 194 g/mol. The second-order valence-corrected chi connectivity index (χ2v) is 3.65. The Morgan fingerprint density at radius 1 is 1.33 bits per heavy atom. The predicted octanol–water partition coefficient (Wildman–Crippen LogP) is 3.87. The van der Waals surface area contributed by atoms with Crippen molar-refractivity contribution in [3.05, 3.63) is 46.1 Å². The third-order valence-corrected chi connectivity index (χ3v) is 2.51. The third-order valence-electron chi connectivity index (χ3n) is 1.60. The van der Waals surface area contributed by atoms with Crippen LogP contribution in [0.3, 0.4) is 0 Å².